The molecule has 1 aromatic heterocycles. The molecule has 8 heteroatoms. The van der Waals surface area contributed by atoms with E-state index in [-0.39, 0.29) is 12.0 Å². The Hall–Kier alpha value is -3.39. The number of esters is 1. The standard InChI is InChI=1S/C28H36N4O4/c1-26(2,3)35-24(33)28(15-7-8-22(28)29)18-11-9-17(10-12-18)19-13-14-21-20(23(19)30)16-31-32(21)25(34)36-27(4,5)6/h9-14,16,22H,7-8,15,29-30H2,1-6H3. The summed E-state index contributed by atoms with van der Waals surface area (Å²) in [5, 5.41) is 4.86. The predicted octanol–water partition coefficient (Wildman–Crippen LogP) is 5.16. The zero-order valence-corrected chi connectivity index (χ0v) is 21.9. The first-order valence-corrected chi connectivity index (χ1v) is 12.3. The van der Waals surface area contributed by atoms with E-state index in [1.54, 1.807) is 33.0 Å². The molecule has 0 spiro atoms. The maximum absolute atomic E-state index is 13.3. The number of nitrogens with two attached hydrogens (primary N) is 2. The Morgan fingerprint density at radius 3 is 2.19 bits per heavy atom. The van der Waals surface area contributed by atoms with Gasteiger partial charge in [0, 0.05) is 17.0 Å². The summed E-state index contributed by atoms with van der Waals surface area (Å²) >= 11 is 0. The largest absolute Gasteiger partial charge is 0.459 e. The first-order valence-electron chi connectivity index (χ1n) is 12.3. The van der Waals surface area contributed by atoms with Crippen LogP contribution in [0.5, 0.6) is 0 Å². The van der Waals surface area contributed by atoms with Crippen molar-refractivity contribution in [2.45, 2.75) is 83.5 Å². The van der Waals surface area contributed by atoms with Crippen molar-refractivity contribution in [2.24, 2.45) is 5.73 Å². The van der Waals surface area contributed by atoms with Gasteiger partial charge in [0.2, 0.25) is 0 Å². The molecule has 3 aromatic rings. The highest BCUT2D eigenvalue weighted by Gasteiger charge is 2.51. The molecule has 0 amide bonds. The van der Waals surface area contributed by atoms with Crippen LogP contribution in [0.3, 0.4) is 0 Å². The SMILES string of the molecule is CC(C)(C)OC(=O)n1ncc2c(N)c(-c3ccc(C4(C(=O)OC(C)(C)C)CCCC4N)cc3)ccc21. The van der Waals surface area contributed by atoms with Crippen molar-refractivity contribution < 1.29 is 19.1 Å². The van der Waals surface area contributed by atoms with Crippen molar-refractivity contribution in [3.05, 3.63) is 48.2 Å². The van der Waals surface area contributed by atoms with Gasteiger partial charge in [0.25, 0.3) is 0 Å². The molecule has 1 aliphatic carbocycles. The van der Waals surface area contributed by atoms with Crippen LogP contribution in [0.25, 0.3) is 22.0 Å². The Morgan fingerprint density at radius 1 is 1.00 bits per heavy atom. The third-order valence-electron chi connectivity index (χ3n) is 6.55. The summed E-state index contributed by atoms with van der Waals surface area (Å²) in [4.78, 5) is 25.9. The lowest BCUT2D eigenvalue weighted by Gasteiger charge is -2.35. The molecule has 0 bridgehead atoms. The quantitative estimate of drug-likeness (QED) is 0.382. The van der Waals surface area contributed by atoms with Crippen LogP contribution in [0.2, 0.25) is 0 Å². The molecule has 2 atom stereocenters. The van der Waals surface area contributed by atoms with Gasteiger partial charge in [-0.1, -0.05) is 36.8 Å². The van der Waals surface area contributed by atoms with Crippen LogP contribution >= 0.6 is 0 Å². The van der Waals surface area contributed by atoms with Crippen molar-refractivity contribution >= 4 is 28.7 Å². The Bertz CT molecular complexity index is 1300. The molecular weight excluding hydrogens is 456 g/mol. The number of benzene rings is 2. The molecule has 0 aliphatic heterocycles. The molecule has 1 aliphatic rings. The van der Waals surface area contributed by atoms with E-state index < -0.39 is 22.7 Å². The van der Waals surface area contributed by atoms with E-state index in [1.807, 2.05) is 51.1 Å². The van der Waals surface area contributed by atoms with E-state index in [0.29, 0.717) is 23.0 Å². The minimum absolute atomic E-state index is 0.275. The van der Waals surface area contributed by atoms with Crippen LogP contribution < -0.4 is 11.5 Å². The Kier molecular flexibility index (Phi) is 6.37. The summed E-state index contributed by atoms with van der Waals surface area (Å²) in [6.07, 6.45) is 3.30. The van der Waals surface area contributed by atoms with Crippen molar-refractivity contribution in [1.82, 2.24) is 9.78 Å². The molecule has 4 N–H and O–H groups in total. The number of aromatic nitrogens is 2. The van der Waals surface area contributed by atoms with Crippen molar-refractivity contribution in [1.29, 1.82) is 0 Å². The average Bonchev–Trinajstić information content (AvgIpc) is 3.37. The lowest BCUT2D eigenvalue weighted by atomic mass is 9.75. The fourth-order valence-corrected chi connectivity index (χ4v) is 4.90. The fraction of sp³-hybridized carbons (Fsp3) is 0.464. The number of anilines is 1. The van der Waals surface area contributed by atoms with E-state index in [0.717, 1.165) is 29.5 Å². The van der Waals surface area contributed by atoms with Gasteiger partial charge in [-0.15, -0.1) is 0 Å². The van der Waals surface area contributed by atoms with Crippen molar-refractivity contribution in [3.63, 3.8) is 0 Å². The topological polar surface area (TPSA) is 122 Å². The number of ether oxygens (including phenoxy) is 2. The third-order valence-corrected chi connectivity index (χ3v) is 6.55. The average molecular weight is 493 g/mol. The highest BCUT2D eigenvalue weighted by molar-refractivity contribution is 6.01. The van der Waals surface area contributed by atoms with Crippen LogP contribution in [-0.4, -0.2) is 39.1 Å². The van der Waals surface area contributed by atoms with Crippen LogP contribution in [-0.2, 0) is 19.7 Å². The second kappa shape index (κ2) is 8.92. The summed E-state index contributed by atoms with van der Waals surface area (Å²) in [7, 11) is 0. The van der Waals surface area contributed by atoms with Gasteiger partial charge >= 0.3 is 12.1 Å². The lowest BCUT2D eigenvalue weighted by molar-refractivity contribution is -0.162. The number of hydrogen-bond donors (Lipinski definition) is 2. The Balaban J connectivity index is 1.68. The molecule has 1 fully saturated rings. The highest BCUT2D eigenvalue weighted by Crippen LogP contribution is 2.43. The predicted molar refractivity (Wildman–Crippen MR) is 141 cm³/mol. The summed E-state index contributed by atoms with van der Waals surface area (Å²) < 4.78 is 12.5. The maximum Gasteiger partial charge on any atom is 0.435 e. The number of nitrogens with zero attached hydrogens (tertiary/aromatic N) is 2. The second-order valence-corrected chi connectivity index (χ2v) is 11.5. The molecule has 192 valence electrons. The number of rotatable bonds is 3. The molecular formula is C28H36N4O4. The number of carbonyl (C=O) groups excluding carboxylic acids is 2. The van der Waals surface area contributed by atoms with Crippen LogP contribution in [0.15, 0.2) is 42.6 Å². The fourth-order valence-electron chi connectivity index (χ4n) is 4.90. The second-order valence-electron chi connectivity index (χ2n) is 11.5. The summed E-state index contributed by atoms with van der Waals surface area (Å²) in [5.74, 6) is -0.275. The van der Waals surface area contributed by atoms with Crippen LogP contribution in [0, 0.1) is 0 Å². The van der Waals surface area contributed by atoms with Gasteiger partial charge in [-0.25, -0.2) is 4.79 Å². The number of fused-ring (bicyclic) bond motifs is 1. The number of carbonyl (C=O) groups is 2. The zero-order chi connectivity index (χ0) is 26.5. The molecule has 36 heavy (non-hydrogen) atoms. The van der Waals surface area contributed by atoms with Gasteiger partial charge in [0.15, 0.2) is 0 Å². The monoisotopic (exact) mass is 492 g/mol. The molecule has 8 nitrogen and oxygen atoms in total. The van der Waals surface area contributed by atoms with E-state index in [2.05, 4.69) is 5.10 Å². The van der Waals surface area contributed by atoms with E-state index in [4.69, 9.17) is 20.9 Å². The van der Waals surface area contributed by atoms with Gasteiger partial charge in [-0.2, -0.15) is 9.78 Å². The molecule has 1 saturated carbocycles. The van der Waals surface area contributed by atoms with E-state index in [1.165, 1.54) is 4.68 Å². The molecule has 4 rings (SSSR count). The smallest absolute Gasteiger partial charge is 0.435 e. The number of nitrogen functional groups attached to an aromatic ring is 1. The van der Waals surface area contributed by atoms with Gasteiger partial charge in [0.1, 0.15) is 16.6 Å². The van der Waals surface area contributed by atoms with Crippen LogP contribution in [0.4, 0.5) is 10.5 Å². The van der Waals surface area contributed by atoms with Crippen molar-refractivity contribution in [2.75, 3.05) is 5.73 Å². The van der Waals surface area contributed by atoms with Crippen LogP contribution in [0.1, 0.15) is 66.4 Å². The third kappa shape index (κ3) is 4.69. The van der Waals surface area contributed by atoms with Gasteiger partial charge < -0.3 is 20.9 Å². The normalized spacial score (nSPS) is 20.5. The highest BCUT2D eigenvalue weighted by atomic mass is 16.6. The first kappa shape index (κ1) is 25.7. The summed E-state index contributed by atoms with van der Waals surface area (Å²) in [5.41, 5.74) is 14.5. The van der Waals surface area contributed by atoms with Crippen molar-refractivity contribution in [3.8, 4) is 11.1 Å². The van der Waals surface area contributed by atoms with Gasteiger partial charge in [-0.05, 0) is 71.6 Å². The molecule has 0 saturated heterocycles. The molecule has 0 radical (unpaired) electrons. The Morgan fingerprint density at radius 2 is 1.64 bits per heavy atom. The number of hydrogen-bond acceptors (Lipinski definition) is 7. The van der Waals surface area contributed by atoms with E-state index in [9.17, 15) is 9.59 Å². The lowest BCUT2D eigenvalue weighted by Crippen LogP contribution is -2.50. The minimum Gasteiger partial charge on any atom is -0.459 e. The van der Waals surface area contributed by atoms with Gasteiger partial charge in [-0.3, -0.25) is 4.79 Å². The Labute approximate surface area is 211 Å². The minimum atomic E-state index is -0.865. The first-order chi connectivity index (χ1) is 16.7. The molecule has 2 unspecified atom stereocenters. The van der Waals surface area contributed by atoms with E-state index >= 15 is 0 Å². The molecule has 2 aromatic carbocycles. The maximum atomic E-state index is 13.3. The van der Waals surface area contributed by atoms with Gasteiger partial charge in [0.05, 0.1) is 17.4 Å². The zero-order valence-electron chi connectivity index (χ0n) is 21.9. The summed E-state index contributed by atoms with van der Waals surface area (Å²) in [6, 6.07) is 11.1. The molecule has 1 heterocycles. The summed E-state index contributed by atoms with van der Waals surface area (Å²) in [6.45, 7) is 11.0.